The van der Waals surface area contributed by atoms with Crippen LogP contribution in [0.5, 0.6) is 0 Å². The molecule has 1 heterocycles. The fourth-order valence-electron chi connectivity index (χ4n) is 2.49. The summed E-state index contributed by atoms with van der Waals surface area (Å²) in [7, 11) is 0. The Morgan fingerprint density at radius 2 is 2.17 bits per heavy atom. The van der Waals surface area contributed by atoms with E-state index in [1.807, 2.05) is 20.8 Å². The summed E-state index contributed by atoms with van der Waals surface area (Å²) >= 11 is 1.76. The van der Waals surface area contributed by atoms with Gasteiger partial charge >= 0.3 is 0 Å². The summed E-state index contributed by atoms with van der Waals surface area (Å²) in [6.07, 6.45) is 3.83. The Kier molecular flexibility index (Phi) is 4.54. The van der Waals surface area contributed by atoms with Crippen LogP contribution in [-0.4, -0.2) is 35.0 Å². The van der Waals surface area contributed by atoms with Crippen molar-refractivity contribution in [3.63, 3.8) is 0 Å². The molecule has 18 heavy (non-hydrogen) atoms. The first-order valence-corrected chi connectivity index (χ1v) is 7.82. The second kappa shape index (κ2) is 5.95. The van der Waals surface area contributed by atoms with Crippen LogP contribution in [0.25, 0.3) is 0 Å². The molecule has 1 amide bonds. The van der Waals surface area contributed by atoms with E-state index in [0.717, 1.165) is 16.8 Å². The summed E-state index contributed by atoms with van der Waals surface area (Å²) in [5, 5.41) is 7.10. The lowest BCUT2D eigenvalue weighted by atomic mass is 10.1. The van der Waals surface area contributed by atoms with Crippen molar-refractivity contribution in [3.8, 4) is 0 Å². The van der Waals surface area contributed by atoms with Crippen molar-refractivity contribution < 1.29 is 4.79 Å². The number of amides is 1. The van der Waals surface area contributed by atoms with Crippen molar-refractivity contribution in [2.75, 3.05) is 5.75 Å². The number of rotatable bonds is 3. The third kappa shape index (κ3) is 3.40. The van der Waals surface area contributed by atoms with E-state index in [4.69, 9.17) is 4.99 Å². The third-order valence-electron chi connectivity index (χ3n) is 3.50. The number of nitrogens with zero attached hydrogens (tertiary/aromatic N) is 1. The highest BCUT2D eigenvalue weighted by molar-refractivity contribution is 8.13. The number of hydrogen-bond acceptors (Lipinski definition) is 4. The molecule has 0 bridgehead atoms. The van der Waals surface area contributed by atoms with Crippen LogP contribution in [0.15, 0.2) is 4.99 Å². The van der Waals surface area contributed by atoms with Gasteiger partial charge in [-0.25, -0.2) is 0 Å². The summed E-state index contributed by atoms with van der Waals surface area (Å²) in [6.45, 7) is 5.84. The van der Waals surface area contributed by atoms with Gasteiger partial charge in [0.25, 0.3) is 0 Å². The molecule has 3 unspecified atom stereocenters. The van der Waals surface area contributed by atoms with Gasteiger partial charge in [0.05, 0.1) is 6.04 Å². The minimum absolute atomic E-state index is 0.0434. The number of aliphatic imine (C=N–C) groups is 1. The van der Waals surface area contributed by atoms with Gasteiger partial charge in [-0.05, 0) is 39.5 Å². The minimum atomic E-state index is -0.211. The van der Waals surface area contributed by atoms with Crippen molar-refractivity contribution in [1.82, 2.24) is 10.6 Å². The number of carbonyl (C=O) groups is 1. The van der Waals surface area contributed by atoms with Gasteiger partial charge in [0.2, 0.25) is 5.91 Å². The maximum atomic E-state index is 11.8. The van der Waals surface area contributed by atoms with Gasteiger partial charge in [-0.2, -0.15) is 0 Å². The van der Waals surface area contributed by atoms with Crippen LogP contribution < -0.4 is 10.6 Å². The molecule has 0 aromatic rings. The fraction of sp³-hybridized carbons (Fsp3) is 0.846. The zero-order valence-corrected chi connectivity index (χ0v) is 12.2. The molecule has 2 N–H and O–H groups in total. The third-order valence-corrected chi connectivity index (χ3v) is 4.59. The standard InChI is InChI=1S/C13H23N3OS/c1-8(2)14-12(17)9(3)15-13-16-11-6-4-5-10(11)7-18-13/h8-11H,4-7H2,1-3H3,(H,14,17)(H,15,16). The molecule has 102 valence electrons. The van der Waals surface area contributed by atoms with E-state index in [1.165, 1.54) is 19.3 Å². The molecule has 0 aromatic heterocycles. The second-order valence-corrected chi connectivity index (χ2v) is 6.54. The average molecular weight is 269 g/mol. The van der Waals surface area contributed by atoms with Gasteiger partial charge in [0.15, 0.2) is 5.17 Å². The molecule has 2 aliphatic rings. The molecule has 0 radical (unpaired) electrons. The maximum absolute atomic E-state index is 11.8. The van der Waals surface area contributed by atoms with E-state index >= 15 is 0 Å². The van der Waals surface area contributed by atoms with Crippen molar-refractivity contribution in [1.29, 1.82) is 0 Å². The summed E-state index contributed by atoms with van der Waals surface area (Å²) in [6, 6.07) is 0.465. The highest BCUT2D eigenvalue weighted by atomic mass is 32.2. The highest BCUT2D eigenvalue weighted by Gasteiger charge is 2.31. The van der Waals surface area contributed by atoms with Gasteiger partial charge in [-0.1, -0.05) is 18.2 Å². The quantitative estimate of drug-likeness (QED) is 0.821. The molecule has 5 heteroatoms. The number of fused-ring (bicyclic) bond motifs is 1. The number of amidine groups is 1. The minimum Gasteiger partial charge on any atom is -0.353 e. The lowest BCUT2D eigenvalue weighted by Crippen LogP contribution is -2.47. The zero-order chi connectivity index (χ0) is 13.1. The molecule has 2 rings (SSSR count). The average Bonchev–Trinajstić information content (AvgIpc) is 2.75. The fourth-order valence-corrected chi connectivity index (χ4v) is 3.73. The van der Waals surface area contributed by atoms with E-state index in [1.54, 1.807) is 11.8 Å². The molecule has 0 spiro atoms. The summed E-state index contributed by atoms with van der Waals surface area (Å²) < 4.78 is 0. The van der Waals surface area contributed by atoms with Crippen molar-refractivity contribution in [3.05, 3.63) is 0 Å². The van der Waals surface area contributed by atoms with Crippen LogP contribution in [0.2, 0.25) is 0 Å². The van der Waals surface area contributed by atoms with Crippen molar-refractivity contribution >= 4 is 22.8 Å². The van der Waals surface area contributed by atoms with Crippen LogP contribution in [0.1, 0.15) is 40.0 Å². The summed E-state index contributed by atoms with van der Waals surface area (Å²) in [4.78, 5) is 16.6. The Labute approximate surface area is 113 Å². The van der Waals surface area contributed by atoms with E-state index in [0.29, 0.717) is 6.04 Å². The first-order chi connectivity index (χ1) is 8.56. The highest BCUT2D eigenvalue weighted by Crippen LogP contribution is 2.34. The summed E-state index contributed by atoms with van der Waals surface area (Å²) in [5.41, 5.74) is 0. The van der Waals surface area contributed by atoms with Gasteiger partial charge in [-0.3, -0.25) is 9.79 Å². The van der Waals surface area contributed by atoms with E-state index in [2.05, 4.69) is 10.6 Å². The maximum Gasteiger partial charge on any atom is 0.242 e. The molecule has 0 saturated heterocycles. The smallest absolute Gasteiger partial charge is 0.242 e. The molecule has 1 aliphatic carbocycles. The topological polar surface area (TPSA) is 53.5 Å². The Hall–Kier alpha value is -0.710. The van der Waals surface area contributed by atoms with Crippen molar-refractivity contribution in [2.45, 2.75) is 58.2 Å². The van der Waals surface area contributed by atoms with Gasteiger partial charge in [-0.15, -0.1) is 0 Å². The van der Waals surface area contributed by atoms with Crippen LogP contribution >= 0.6 is 11.8 Å². The normalized spacial score (nSPS) is 28.6. The predicted molar refractivity (Wildman–Crippen MR) is 76.9 cm³/mol. The van der Waals surface area contributed by atoms with Crippen LogP contribution in [0.3, 0.4) is 0 Å². The van der Waals surface area contributed by atoms with Crippen molar-refractivity contribution in [2.24, 2.45) is 10.9 Å². The van der Waals surface area contributed by atoms with Gasteiger partial charge in [0.1, 0.15) is 6.04 Å². The van der Waals surface area contributed by atoms with Crippen LogP contribution in [0, 0.1) is 5.92 Å². The van der Waals surface area contributed by atoms with Gasteiger partial charge in [0, 0.05) is 11.8 Å². The van der Waals surface area contributed by atoms with E-state index in [-0.39, 0.29) is 18.0 Å². The molecule has 1 saturated carbocycles. The monoisotopic (exact) mass is 269 g/mol. The number of hydrogen-bond donors (Lipinski definition) is 2. The first kappa shape index (κ1) is 13.7. The molecule has 3 atom stereocenters. The van der Waals surface area contributed by atoms with E-state index < -0.39 is 0 Å². The Morgan fingerprint density at radius 3 is 2.89 bits per heavy atom. The lowest BCUT2D eigenvalue weighted by molar-refractivity contribution is -0.122. The molecule has 1 aliphatic heterocycles. The number of carbonyl (C=O) groups excluding carboxylic acids is 1. The molecule has 4 nitrogen and oxygen atoms in total. The Balaban J connectivity index is 1.87. The largest absolute Gasteiger partial charge is 0.353 e. The SMILES string of the molecule is CC(C)NC(=O)C(C)NC1=NC2CCCC2CS1. The molecular weight excluding hydrogens is 246 g/mol. The first-order valence-electron chi connectivity index (χ1n) is 6.83. The Bertz CT molecular complexity index is 343. The number of thioether (sulfide) groups is 1. The number of nitrogens with one attached hydrogen (secondary N) is 2. The zero-order valence-electron chi connectivity index (χ0n) is 11.4. The molecule has 0 aromatic carbocycles. The second-order valence-electron chi connectivity index (χ2n) is 5.53. The Morgan fingerprint density at radius 1 is 1.39 bits per heavy atom. The predicted octanol–water partition coefficient (Wildman–Crippen LogP) is 1.76. The van der Waals surface area contributed by atoms with E-state index in [9.17, 15) is 4.79 Å². The summed E-state index contributed by atoms with van der Waals surface area (Å²) in [5.74, 6) is 1.96. The molecular formula is C13H23N3OS. The van der Waals surface area contributed by atoms with Crippen LogP contribution in [0.4, 0.5) is 0 Å². The molecule has 1 fully saturated rings. The van der Waals surface area contributed by atoms with Crippen LogP contribution in [-0.2, 0) is 4.79 Å². The van der Waals surface area contributed by atoms with Gasteiger partial charge < -0.3 is 10.6 Å². The lowest BCUT2D eigenvalue weighted by Gasteiger charge is -2.25.